The summed E-state index contributed by atoms with van der Waals surface area (Å²) in [4.78, 5) is 15.7. The van der Waals surface area contributed by atoms with Gasteiger partial charge in [-0.3, -0.25) is 4.79 Å². The molecule has 2 aromatic carbocycles. The van der Waals surface area contributed by atoms with Crippen LogP contribution in [0, 0.1) is 31.1 Å². The van der Waals surface area contributed by atoms with Gasteiger partial charge in [0.15, 0.2) is 0 Å². The molecule has 1 amide bonds. The van der Waals surface area contributed by atoms with Crippen LogP contribution in [0.2, 0.25) is 5.02 Å². The quantitative estimate of drug-likeness (QED) is 0.609. The van der Waals surface area contributed by atoms with E-state index in [2.05, 4.69) is 27.5 Å². The van der Waals surface area contributed by atoms with Crippen LogP contribution >= 0.6 is 22.9 Å². The smallest absolute Gasteiger partial charge is 0.295 e. The summed E-state index contributed by atoms with van der Waals surface area (Å²) in [5.41, 5.74) is 3.22. The molecule has 0 fully saturated rings. The molecule has 1 heterocycles. The van der Waals surface area contributed by atoms with E-state index in [1.807, 2.05) is 43.2 Å². The summed E-state index contributed by atoms with van der Waals surface area (Å²) >= 11 is 8.01. The summed E-state index contributed by atoms with van der Waals surface area (Å²) in [6, 6.07) is 9.43. The maximum Gasteiger partial charge on any atom is 0.295 e. The number of thiazole rings is 1. The van der Waals surface area contributed by atoms with Gasteiger partial charge in [-0.1, -0.05) is 35.6 Å². The molecule has 0 saturated heterocycles. The number of aromatic nitrogens is 1. The summed E-state index contributed by atoms with van der Waals surface area (Å²) in [6.45, 7) is 2.63. The number of anilines is 1. The van der Waals surface area contributed by atoms with Gasteiger partial charge in [-0.2, -0.15) is 0 Å². The van der Waals surface area contributed by atoms with Crippen molar-refractivity contribution in [2.24, 2.45) is 0 Å². The van der Waals surface area contributed by atoms with E-state index in [1.165, 1.54) is 0 Å². The largest absolute Gasteiger partial charge is 0.494 e. The number of hydrogen-bond acceptors (Lipinski definition) is 5. The van der Waals surface area contributed by atoms with Crippen molar-refractivity contribution in [3.63, 3.8) is 0 Å². The van der Waals surface area contributed by atoms with Crippen LogP contribution in [0.5, 0.6) is 5.75 Å². The molecule has 0 aliphatic heterocycles. The van der Waals surface area contributed by atoms with Crippen molar-refractivity contribution in [3.8, 4) is 29.9 Å². The summed E-state index contributed by atoms with van der Waals surface area (Å²) in [5, 5.41) is 7.30. The molecule has 2 N–H and O–H groups in total. The van der Waals surface area contributed by atoms with Crippen molar-refractivity contribution >= 4 is 44.7 Å². The lowest BCUT2D eigenvalue weighted by molar-refractivity contribution is -0.115. The molecule has 7 heteroatoms. The number of benzene rings is 2. The number of terminal acetylenes is 1. The number of rotatable bonds is 5. The van der Waals surface area contributed by atoms with Crippen molar-refractivity contribution in [2.45, 2.75) is 13.5 Å². The lowest BCUT2D eigenvalue weighted by atomic mass is 10.2. The van der Waals surface area contributed by atoms with Crippen LogP contribution < -0.4 is 15.4 Å². The monoisotopic (exact) mass is 423 g/mol. The lowest BCUT2D eigenvalue weighted by Crippen LogP contribution is -2.20. The molecule has 0 aliphatic carbocycles. The van der Waals surface area contributed by atoms with E-state index in [9.17, 15) is 4.79 Å². The number of nitrogens with zero attached hydrogens (tertiary/aromatic N) is 1. The predicted molar refractivity (Wildman–Crippen MR) is 118 cm³/mol. The third kappa shape index (κ3) is 5.00. The second-order valence-electron chi connectivity index (χ2n) is 6.02. The zero-order chi connectivity index (χ0) is 20.8. The van der Waals surface area contributed by atoms with Crippen molar-refractivity contribution in [3.05, 3.63) is 51.5 Å². The molecule has 0 radical (unpaired) electrons. The Morgan fingerprint density at radius 1 is 1.38 bits per heavy atom. The highest BCUT2D eigenvalue weighted by molar-refractivity contribution is 7.18. The van der Waals surface area contributed by atoms with Gasteiger partial charge in [0.2, 0.25) is 0 Å². The molecule has 0 spiro atoms. The Balaban J connectivity index is 1.70. The van der Waals surface area contributed by atoms with Crippen LogP contribution in [0.15, 0.2) is 30.3 Å². The van der Waals surface area contributed by atoms with E-state index < -0.39 is 5.91 Å². The first kappa shape index (κ1) is 20.5. The van der Waals surface area contributed by atoms with Crippen molar-refractivity contribution in [1.82, 2.24) is 10.3 Å². The van der Waals surface area contributed by atoms with Crippen molar-refractivity contribution < 1.29 is 9.53 Å². The van der Waals surface area contributed by atoms with Gasteiger partial charge in [0.05, 0.1) is 34.1 Å². The molecule has 3 rings (SSSR count). The van der Waals surface area contributed by atoms with Gasteiger partial charge in [-0.15, -0.1) is 17.8 Å². The normalized spacial score (nSPS) is 10.0. The first-order chi connectivity index (χ1) is 14.0. The molecule has 0 bridgehead atoms. The number of ether oxygens (including phenoxy) is 1. The third-order valence-corrected chi connectivity index (χ3v) is 5.40. The van der Waals surface area contributed by atoms with Gasteiger partial charge in [-0.25, -0.2) is 4.98 Å². The second-order valence-corrected chi connectivity index (χ2v) is 7.63. The number of halogens is 1. The Morgan fingerprint density at radius 2 is 2.21 bits per heavy atom. The molecule has 29 heavy (non-hydrogen) atoms. The van der Waals surface area contributed by atoms with Crippen LogP contribution in [0.25, 0.3) is 10.2 Å². The van der Waals surface area contributed by atoms with Gasteiger partial charge in [0.1, 0.15) is 11.3 Å². The number of carbonyl (C=O) groups excluding carboxylic acids is 1. The van der Waals surface area contributed by atoms with Crippen LogP contribution in [-0.2, 0) is 11.3 Å². The van der Waals surface area contributed by atoms with E-state index in [4.69, 9.17) is 22.8 Å². The molecule has 1 aromatic heterocycles. The maximum absolute atomic E-state index is 11.2. The number of methoxy groups -OCH3 is 1. The van der Waals surface area contributed by atoms with Crippen molar-refractivity contribution in [1.29, 1.82) is 0 Å². The molecule has 146 valence electrons. The minimum Gasteiger partial charge on any atom is -0.494 e. The number of amides is 1. The highest BCUT2D eigenvalue weighted by Gasteiger charge is 2.09. The molecular weight excluding hydrogens is 406 g/mol. The van der Waals surface area contributed by atoms with Crippen LogP contribution in [0.1, 0.15) is 16.1 Å². The first-order valence-electron chi connectivity index (χ1n) is 8.71. The standard InChI is InChI=1S/C22H18ClN3O2S/c1-4-20(27)25-13-16-8-5-9-17(21(16)23)24-10-6-7-15-11-18(28-3)22-19(12-15)29-14(2)26-22/h1,5,8-9,11-12,24H,10,13H2,2-3H3,(H,25,27). The summed E-state index contributed by atoms with van der Waals surface area (Å²) in [5.74, 6) is 8.48. The SMILES string of the molecule is C#CC(=O)NCc1cccc(NCC#Cc2cc(OC)c3nc(C)sc3c2)c1Cl. The fourth-order valence-corrected chi connectivity index (χ4v) is 3.85. The topological polar surface area (TPSA) is 63.2 Å². The fourth-order valence-electron chi connectivity index (χ4n) is 2.70. The predicted octanol–water partition coefficient (Wildman–Crippen LogP) is 3.98. The average molecular weight is 424 g/mol. The average Bonchev–Trinajstić information content (AvgIpc) is 3.10. The first-order valence-corrected chi connectivity index (χ1v) is 9.91. The van der Waals surface area contributed by atoms with E-state index in [-0.39, 0.29) is 6.54 Å². The van der Waals surface area contributed by atoms with Crippen LogP contribution in [0.3, 0.4) is 0 Å². The Hall–Kier alpha value is -3.19. The molecule has 5 nitrogen and oxygen atoms in total. The molecule has 3 aromatic rings. The van der Waals surface area contributed by atoms with E-state index >= 15 is 0 Å². The molecule has 0 aliphatic rings. The number of fused-ring (bicyclic) bond motifs is 1. The maximum atomic E-state index is 11.2. The summed E-state index contributed by atoms with van der Waals surface area (Å²) < 4.78 is 6.48. The minimum atomic E-state index is -0.478. The third-order valence-electron chi connectivity index (χ3n) is 4.04. The highest BCUT2D eigenvalue weighted by Crippen LogP contribution is 2.31. The number of hydrogen-bond donors (Lipinski definition) is 2. The summed E-state index contributed by atoms with van der Waals surface area (Å²) in [6.07, 6.45) is 5.05. The molecule has 0 atom stereocenters. The zero-order valence-electron chi connectivity index (χ0n) is 15.9. The van der Waals surface area contributed by atoms with E-state index in [0.717, 1.165) is 32.0 Å². The van der Waals surface area contributed by atoms with Gasteiger partial charge in [-0.05, 0) is 36.6 Å². The van der Waals surface area contributed by atoms with E-state index in [1.54, 1.807) is 18.4 Å². The Morgan fingerprint density at radius 3 is 2.97 bits per heavy atom. The Kier molecular flexibility index (Phi) is 6.61. The molecular formula is C22H18ClN3O2S. The molecule has 0 saturated carbocycles. The second kappa shape index (κ2) is 9.34. The number of nitrogens with one attached hydrogen (secondary N) is 2. The van der Waals surface area contributed by atoms with Gasteiger partial charge in [0, 0.05) is 12.1 Å². The zero-order valence-corrected chi connectivity index (χ0v) is 17.5. The highest BCUT2D eigenvalue weighted by atomic mass is 35.5. The fraction of sp³-hybridized carbons (Fsp3) is 0.182. The number of carbonyl (C=O) groups is 1. The lowest BCUT2D eigenvalue weighted by Gasteiger charge is -2.10. The summed E-state index contributed by atoms with van der Waals surface area (Å²) in [7, 11) is 1.63. The van der Waals surface area contributed by atoms with Gasteiger partial charge >= 0.3 is 0 Å². The van der Waals surface area contributed by atoms with Gasteiger partial charge in [0.25, 0.3) is 5.91 Å². The number of aryl methyl sites for hydroxylation is 1. The van der Waals surface area contributed by atoms with E-state index in [0.29, 0.717) is 17.3 Å². The van der Waals surface area contributed by atoms with Crippen LogP contribution in [0.4, 0.5) is 5.69 Å². The van der Waals surface area contributed by atoms with Crippen LogP contribution in [-0.4, -0.2) is 24.5 Å². The Bertz CT molecular complexity index is 1170. The van der Waals surface area contributed by atoms with Crippen molar-refractivity contribution in [2.75, 3.05) is 19.0 Å². The minimum absolute atomic E-state index is 0.261. The molecule has 0 unspecified atom stereocenters. The van der Waals surface area contributed by atoms with Gasteiger partial charge < -0.3 is 15.4 Å². The Labute approximate surface area is 178 Å².